The second-order valence-corrected chi connectivity index (χ2v) is 4.10. The molecule has 0 unspecified atom stereocenters. The smallest absolute Gasteiger partial charge is 0.278 e. The maximum atomic E-state index is 11.0. The SMILES string of the molecule is O=[N+]([O-])C(CN1CCOCC1)=C1CCCN1. The molecule has 90 valence electrons. The standard InChI is InChI=1S/C10H17N3O3/c14-13(15)10(9-2-1-3-11-9)8-12-4-6-16-7-5-12/h11H,1-8H2. The Morgan fingerprint density at radius 2 is 2.25 bits per heavy atom. The zero-order chi connectivity index (χ0) is 11.4. The highest BCUT2D eigenvalue weighted by molar-refractivity contribution is 5.11. The molecule has 0 aromatic heterocycles. The normalized spacial score (nSPS) is 25.2. The van der Waals surface area contributed by atoms with E-state index < -0.39 is 0 Å². The van der Waals surface area contributed by atoms with E-state index in [4.69, 9.17) is 4.74 Å². The van der Waals surface area contributed by atoms with E-state index >= 15 is 0 Å². The summed E-state index contributed by atoms with van der Waals surface area (Å²) >= 11 is 0. The molecule has 6 nitrogen and oxygen atoms in total. The second kappa shape index (κ2) is 5.27. The maximum absolute atomic E-state index is 11.0. The van der Waals surface area contributed by atoms with Crippen molar-refractivity contribution in [3.63, 3.8) is 0 Å². The number of rotatable bonds is 3. The van der Waals surface area contributed by atoms with Crippen LogP contribution in [0.4, 0.5) is 0 Å². The summed E-state index contributed by atoms with van der Waals surface area (Å²) in [6.45, 7) is 4.20. The molecule has 0 spiro atoms. The summed E-state index contributed by atoms with van der Waals surface area (Å²) in [5.74, 6) is 0. The van der Waals surface area contributed by atoms with Gasteiger partial charge in [-0.15, -0.1) is 0 Å². The molecule has 0 aromatic rings. The van der Waals surface area contributed by atoms with Gasteiger partial charge in [0.1, 0.15) is 0 Å². The van der Waals surface area contributed by atoms with Gasteiger partial charge in [0.2, 0.25) is 0 Å². The van der Waals surface area contributed by atoms with Crippen LogP contribution in [0.15, 0.2) is 11.4 Å². The van der Waals surface area contributed by atoms with Crippen LogP contribution >= 0.6 is 0 Å². The number of hydrogen-bond acceptors (Lipinski definition) is 5. The lowest BCUT2D eigenvalue weighted by Crippen LogP contribution is -2.39. The molecule has 0 atom stereocenters. The predicted molar refractivity (Wildman–Crippen MR) is 58.5 cm³/mol. The predicted octanol–water partition coefficient (Wildman–Crippen LogP) is 0.190. The van der Waals surface area contributed by atoms with Gasteiger partial charge in [0, 0.05) is 19.6 Å². The topological polar surface area (TPSA) is 67.6 Å². The molecular formula is C10H17N3O3. The van der Waals surface area contributed by atoms with Crippen molar-refractivity contribution >= 4 is 0 Å². The lowest BCUT2D eigenvalue weighted by atomic mass is 10.2. The summed E-state index contributed by atoms with van der Waals surface area (Å²) < 4.78 is 5.22. The van der Waals surface area contributed by atoms with Gasteiger partial charge in [-0.05, 0) is 12.8 Å². The minimum Gasteiger partial charge on any atom is -0.383 e. The molecule has 0 aliphatic carbocycles. The average Bonchev–Trinajstić information content (AvgIpc) is 2.80. The Hall–Kier alpha value is -1.14. The van der Waals surface area contributed by atoms with E-state index in [2.05, 4.69) is 10.2 Å². The van der Waals surface area contributed by atoms with Gasteiger partial charge in [0.15, 0.2) is 0 Å². The van der Waals surface area contributed by atoms with E-state index in [9.17, 15) is 10.1 Å². The number of nitro groups is 1. The van der Waals surface area contributed by atoms with Gasteiger partial charge in [0.25, 0.3) is 5.70 Å². The van der Waals surface area contributed by atoms with Crippen LogP contribution in [0.3, 0.4) is 0 Å². The number of nitrogens with one attached hydrogen (secondary N) is 1. The van der Waals surface area contributed by atoms with Crippen LogP contribution in [-0.4, -0.2) is 49.2 Å². The molecule has 0 aromatic carbocycles. The molecule has 1 N–H and O–H groups in total. The number of allylic oxidation sites excluding steroid dienone is 1. The Kier molecular flexibility index (Phi) is 3.74. The highest BCUT2D eigenvalue weighted by Gasteiger charge is 2.24. The Morgan fingerprint density at radius 3 is 2.81 bits per heavy atom. The number of hydrogen-bond donors (Lipinski definition) is 1. The monoisotopic (exact) mass is 227 g/mol. The molecule has 6 heteroatoms. The Bertz CT molecular complexity index is 290. The first-order chi connectivity index (χ1) is 7.77. The van der Waals surface area contributed by atoms with Crippen molar-refractivity contribution in [1.82, 2.24) is 10.2 Å². The van der Waals surface area contributed by atoms with E-state index in [-0.39, 0.29) is 4.92 Å². The first-order valence-electron chi connectivity index (χ1n) is 5.68. The summed E-state index contributed by atoms with van der Waals surface area (Å²) in [4.78, 5) is 12.8. The number of morpholine rings is 1. The van der Waals surface area contributed by atoms with Crippen molar-refractivity contribution in [3.8, 4) is 0 Å². The Labute approximate surface area is 94.4 Å². The van der Waals surface area contributed by atoms with Crippen LogP contribution in [0.5, 0.6) is 0 Å². The van der Waals surface area contributed by atoms with Crippen molar-refractivity contribution in [2.24, 2.45) is 0 Å². The van der Waals surface area contributed by atoms with Crippen LogP contribution in [0.1, 0.15) is 12.8 Å². The van der Waals surface area contributed by atoms with Crippen molar-refractivity contribution in [1.29, 1.82) is 0 Å². The zero-order valence-corrected chi connectivity index (χ0v) is 9.28. The minimum absolute atomic E-state index is 0.247. The fourth-order valence-corrected chi connectivity index (χ4v) is 2.07. The lowest BCUT2D eigenvalue weighted by Gasteiger charge is -2.25. The maximum Gasteiger partial charge on any atom is 0.278 e. The van der Waals surface area contributed by atoms with Gasteiger partial charge < -0.3 is 10.1 Å². The van der Waals surface area contributed by atoms with Crippen molar-refractivity contribution in [2.45, 2.75) is 12.8 Å². The highest BCUT2D eigenvalue weighted by Crippen LogP contribution is 2.16. The highest BCUT2D eigenvalue weighted by atomic mass is 16.6. The quantitative estimate of drug-likeness (QED) is 0.550. The molecule has 2 aliphatic heterocycles. The van der Waals surface area contributed by atoms with E-state index in [1.54, 1.807) is 0 Å². The minimum atomic E-state index is -0.247. The summed E-state index contributed by atoms with van der Waals surface area (Å²) in [5, 5.41) is 14.1. The first-order valence-corrected chi connectivity index (χ1v) is 5.68. The molecule has 0 saturated carbocycles. The van der Waals surface area contributed by atoms with Crippen molar-refractivity contribution in [3.05, 3.63) is 21.5 Å². The molecular weight excluding hydrogens is 210 g/mol. The molecule has 2 saturated heterocycles. The summed E-state index contributed by atoms with van der Waals surface area (Å²) in [5.41, 5.74) is 1.15. The second-order valence-electron chi connectivity index (χ2n) is 4.10. The summed E-state index contributed by atoms with van der Waals surface area (Å²) in [6.07, 6.45) is 1.80. The van der Waals surface area contributed by atoms with E-state index in [0.717, 1.165) is 38.2 Å². The Balaban J connectivity index is 2.02. The fourth-order valence-electron chi connectivity index (χ4n) is 2.07. The van der Waals surface area contributed by atoms with Crippen molar-refractivity contribution < 1.29 is 9.66 Å². The molecule has 0 bridgehead atoms. The van der Waals surface area contributed by atoms with Gasteiger partial charge >= 0.3 is 0 Å². The third kappa shape index (κ3) is 2.70. The van der Waals surface area contributed by atoms with Crippen LogP contribution in [0.2, 0.25) is 0 Å². The van der Waals surface area contributed by atoms with Gasteiger partial charge in [-0.2, -0.15) is 0 Å². The van der Waals surface area contributed by atoms with E-state index in [1.165, 1.54) is 0 Å². The number of nitrogens with zero attached hydrogens (tertiary/aromatic N) is 2. The molecule has 0 radical (unpaired) electrons. The molecule has 2 fully saturated rings. The third-order valence-corrected chi connectivity index (χ3v) is 2.99. The summed E-state index contributed by atoms with van der Waals surface area (Å²) in [7, 11) is 0. The largest absolute Gasteiger partial charge is 0.383 e. The van der Waals surface area contributed by atoms with Crippen LogP contribution in [-0.2, 0) is 4.74 Å². The average molecular weight is 227 g/mol. The lowest BCUT2D eigenvalue weighted by molar-refractivity contribution is -0.429. The Morgan fingerprint density at radius 1 is 1.50 bits per heavy atom. The number of ether oxygens (including phenoxy) is 1. The van der Waals surface area contributed by atoms with Crippen LogP contribution in [0, 0.1) is 10.1 Å². The molecule has 2 heterocycles. The van der Waals surface area contributed by atoms with Gasteiger partial charge in [-0.3, -0.25) is 15.0 Å². The molecule has 0 amide bonds. The fraction of sp³-hybridized carbons (Fsp3) is 0.800. The third-order valence-electron chi connectivity index (χ3n) is 2.99. The molecule has 16 heavy (non-hydrogen) atoms. The van der Waals surface area contributed by atoms with Gasteiger partial charge in [-0.1, -0.05) is 0 Å². The van der Waals surface area contributed by atoms with Gasteiger partial charge in [-0.25, -0.2) is 0 Å². The summed E-state index contributed by atoms with van der Waals surface area (Å²) in [6, 6.07) is 0. The van der Waals surface area contributed by atoms with E-state index in [1.807, 2.05) is 0 Å². The first kappa shape index (κ1) is 11.3. The van der Waals surface area contributed by atoms with Crippen molar-refractivity contribution in [2.75, 3.05) is 39.4 Å². The van der Waals surface area contributed by atoms with Gasteiger partial charge in [0.05, 0.1) is 30.4 Å². The molecule has 2 rings (SSSR count). The van der Waals surface area contributed by atoms with E-state index in [0.29, 0.717) is 25.5 Å². The molecule has 2 aliphatic rings. The zero-order valence-electron chi connectivity index (χ0n) is 9.28. The van der Waals surface area contributed by atoms with Crippen LogP contribution < -0.4 is 5.32 Å². The van der Waals surface area contributed by atoms with Crippen LogP contribution in [0.25, 0.3) is 0 Å².